The van der Waals surface area contributed by atoms with Crippen LogP contribution < -0.4 is 14.9 Å². The number of hydrogen-bond donors (Lipinski definition) is 1. The molecule has 0 aromatic heterocycles. The SMILES string of the molecule is CCOc1cc(/C=N\NC(=O)c2ccccc2C)cc(Br)c1OCc1ccc(Cl)cc1Cl. The van der Waals surface area contributed by atoms with Crippen LogP contribution in [0.4, 0.5) is 0 Å². The summed E-state index contributed by atoms with van der Waals surface area (Å²) in [7, 11) is 0. The van der Waals surface area contributed by atoms with Gasteiger partial charge in [0.1, 0.15) is 6.61 Å². The summed E-state index contributed by atoms with van der Waals surface area (Å²) in [5, 5.41) is 5.16. The summed E-state index contributed by atoms with van der Waals surface area (Å²) in [4.78, 5) is 12.3. The number of nitrogens with zero attached hydrogens (tertiary/aromatic N) is 1. The molecule has 0 atom stereocenters. The first kappa shape index (κ1) is 24.1. The van der Waals surface area contributed by atoms with Gasteiger partial charge in [0, 0.05) is 21.2 Å². The summed E-state index contributed by atoms with van der Waals surface area (Å²) in [6.07, 6.45) is 1.54. The third-order valence-electron chi connectivity index (χ3n) is 4.49. The second kappa shape index (κ2) is 11.4. The van der Waals surface area contributed by atoms with E-state index < -0.39 is 0 Å². The molecular weight excluding hydrogens is 515 g/mol. The van der Waals surface area contributed by atoms with E-state index in [1.54, 1.807) is 30.5 Å². The lowest BCUT2D eigenvalue weighted by Gasteiger charge is -2.15. The quantitative estimate of drug-likeness (QED) is 0.254. The largest absolute Gasteiger partial charge is 0.490 e. The van der Waals surface area contributed by atoms with Crippen LogP contribution in [0.1, 0.15) is 34.0 Å². The monoisotopic (exact) mass is 534 g/mol. The maximum Gasteiger partial charge on any atom is 0.271 e. The molecule has 0 aliphatic rings. The first-order valence-electron chi connectivity index (χ1n) is 9.81. The summed E-state index contributed by atoms with van der Waals surface area (Å²) in [6, 6.07) is 16.2. The standard InChI is InChI=1S/C24H21BrCl2N2O3/c1-3-31-22-11-16(13-28-29-24(30)19-7-5-4-6-15(19)2)10-20(25)23(22)32-14-17-8-9-18(26)12-21(17)27/h4-13H,3,14H2,1-2H3,(H,29,30)/b28-13-. The van der Waals surface area contributed by atoms with Gasteiger partial charge in [-0.15, -0.1) is 0 Å². The third kappa shape index (κ3) is 6.25. The summed E-state index contributed by atoms with van der Waals surface area (Å²) in [6.45, 7) is 4.46. The Labute approximate surface area is 205 Å². The Kier molecular flexibility index (Phi) is 8.56. The molecule has 1 N–H and O–H groups in total. The second-order valence-electron chi connectivity index (χ2n) is 6.80. The topological polar surface area (TPSA) is 59.9 Å². The van der Waals surface area contributed by atoms with Crippen LogP contribution in [0.5, 0.6) is 11.5 Å². The number of halogens is 3. The number of hydrogen-bond acceptors (Lipinski definition) is 4. The van der Waals surface area contributed by atoms with E-state index in [9.17, 15) is 4.79 Å². The molecule has 32 heavy (non-hydrogen) atoms. The van der Waals surface area contributed by atoms with Crippen molar-refractivity contribution in [2.24, 2.45) is 5.10 Å². The second-order valence-corrected chi connectivity index (χ2v) is 8.50. The Balaban J connectivity index is 1.75. The van der Waals surface area contributed by atoms with Crippen molar-refractivity contribution in [3.63, 3.8) is 0 Å². The van der Waals surface area contributed by atoms with E-state index in [2.05, 4.69) is 26.5 Å². The fraction of sp³-hybridized carbons (Fsp3) is 0.167. The van der Waals surface area contributed by atoms with Crippen molar-refractivity contribution in [1.82, 2.24) is 5.43 Å². The van der Waals surface area contributed by atoms with E-state index in [1.165, 1.54) is 0 Å². The Morgan fingerprint density at radius 1 is 1.12 bits per heavy atom. The molecule has 0 aliphatic carbocycles. The number of nitrogens with one attached hydrogen (secondary N) is 1. The maximum atomic E-state index is 12.3. The lowest BCUT2D eigenvalue weighted by Crippen LogP contribution is -2.18. The molecule has 0 saturated heterocycles. The highest BCUT2D eigenvalue weighted by Gasteiger charge is 2.13. The molecule has 166 valence electrons. The zero-order valence-corrected chi connectivity index (χ0v) is 20.6. The van der Waals surface area contributed by atoms with E-state index in [0.29, 0.717) is 38.2 Å². The molecule has 5 nitrogen and oxygen atoms in total. The minimum absolute atomic E-state index is 0.245. The fourth-order valence-electron chi connectivity index (χ4n) is 2.91. The number of rotatable bonds is 8. The molecular formula is C24H21BrCl2N2O3. The zero-order chi connectivity index (χ0) is 23.1. The first-order valence-corrected chi connectivity index (χ1v) is 11.4. The molecule has 1 amide bonds. The maximum absolute atomic E-state index is 12.3. The fourth-order valence-corrected chi connectivity index (χ4v) is 3.94. The van der Waals surface area contributed by atoms with E-state index in [1.807, 2.05) is 44.2 Å². The normalized spacial score (nSPS) is 10.9. The summed E-state index contributed by atoms with van der Waals surface area (Å²) >= 11 is 15.7. The van der Waals surface area contributed by atoms with Crippen molar-refractivity contribution in [3.8, 4) is 11.5 Å². The van der Waals surface area contributed by atoms with Crippen LogP contribution in [0.2, 0.25) is 10.0 Å². The van der Waals surface area contributed by atoms with Gasteiger partial charge in [-0.3, -0.25) is 4.79 Å². The van der Waals surface area contributed by atoms with Crippen molar-refractivity contribution in [1.29, 1.82) is 0 Å². The van der Waals surface area contributed by atoms with E-state index in [4.69, 9.17) is 32.7 Å². The lowest BCUT2D eigenvalue weighted by atomic mass is 10.1. The number of benzene rings is 3. The van der Waals surface area contributed by atoms with Crippen molar-refractivity contribution in [2.45, 2.75) is 20.5 Å². The van der Waals surface area contributed by atoms with Crippen molar-refractivity contribution in [3.05, 3.63) is 91.4 Å². The Morgan fingerprint density at radius 2 is 1.91 bits per heavy atom. The van der Waals surface area contributed by atoms with Gasteiger partial charge in [0.15, 0.2) is 11.5 Å². The third-order valence-corrected chi connectivity index (χ3v) is 5.66. The van der Waals surface area contributed by atoms with E-state index in [-0.39, 0.29) is 12.5 Å². The molecule has 0 unspecified atom stereocenters. The molecule has 3 aromatic carbocycles. The number of aryl methyl sites for hydroxylation is 1. The van der Waals surface area contributed by atoms with Crippen molar-refractivity contribution >= 4 is 51.3 Å². The van der Waals surface area contributed by atoms with Gasteiger partial charge in [0.05, 0.1) is 17.3 Å². The first-order chi connectivity index (χ1) is 15.4. The van der Waals surface area contributed by atoms with Crippen LogP contribution >= 0.6 is 39.1 Å². The van der Waals surface area contributed by atoms with E-state index >= 15 is 0 Å². The molecule has 3 rings (SSSR count). The van der Waals surface area contributed by atoms with Crippen LogP contribution in [-0.4, -0.2) is 18.7 Å². The molecule has 0 saturated carbocycles. The summed E-state index contributed by atoms with van der Waals surface area (Å²) in [5.41, 5.74) is 5.53. The highest BCUT2D eigenvalue weighted by molar-refractivity contribution is 9.10. The van der Waals surface area contributed by atoms with Gasteiger partial charge in [-0.2, -0.15) is 5.10 Å². The molecule has 0 fully saturated rings. The van der Waals surface area contributed by atoms with Crippen LogP contribution in [0, 0.1) is 6.92 Å². The van der Waals surface area contributed by atoms with Crippen molar-refractivity contribution < 1.29 is 14.3 Å². The van der Waals surface area contributed by atoms with Crippen LogP contribution in [0.25, 0.3) is 0 Å². The smallest absolute Gasteiger partial charge is 0.271 e. The number of carbonyl (C=O) groups excluding carboxylic acids is 1. The Bertz CT molecular complexity index is 1150. The minimum Gasteiger partial charge on any atom is -0.490 e. The van der Waals surface area contributed by atoms with Gasteiger partial charge in [0.2, 0.25) is 0 Å². The Morgan fingerprint density at radius 3 is 2.62 bits per heavy atom. The molecule has 0 spiro atoms. The van der Waals surface area contributed by atoms with Crippen LogP contribution in [0.15, 0.2) is 64.2 Å². The van der Waals surface area contributed by atoms with Crippen LogP contribution in [-0.2, 0) is 6.61 Å². The lowest BCUT2D eigenvalue weighted by molar-refractivity contribution is 0.0954. The highest BCUT2D eigenvalue weighted by atomic mass is 79.9. The van der Waals surface area contributed by atoms with Gasteiger partial charge < -0.3 is 9.47 Å². The number of ether oxygens (including phenoxy) is 2. The van der Waals surface area contributed by atoms with E-state index in [0.717, 1.165) is 16.7 Å². The number of amides is 1. The van der Waals surface area contributed by atoms with Gasteiger partial charge in [-0.05, 0) is 71.2 Å². The number of carbonyl (C=O) groups is 1. The predicted octanol–water partition coefficient (Wildman–Crippen LogP) is 6.81. The molecule has 0 heterocycles. The van der Waals surface area contributed by atoms with Gasteiger partial charge in [0.25, 0.3) is 5.91 Å². The highest BCUT2D eigenvalue weighted by Crippen LogP contribution is 2.37. The molecule has 0 radical (unpaired) electrons. The molecule has 3 aromatic rings. The molecule has 0 bridgehead atoms. The summed E-state index contributed by atoms with van der Waals surface area (Å²) < 4.78 is 12.4. The van der Waals surface area contributed by atoms with Gasteiger partial charge in [-0.25, -0.2) is 5.43 Å². The average Bonchev–Trinajstić information content (AvgIpc) is 2.75. The minimum atomic E-state index is -0.275. The zero-order valence-electron chi connectivity index (χ0n) is 17.5. The molecule has 0 aliphatic heterocycles. The number of hydrazone groups is 1. The van der Waals surface area contributed by atoms with Gasteiger partial charge >= 0.3 is 0 Å². The van der Waals surface area contributed by atoms with Crippen molar-refractivity contribution in [2.75, 3.05) is 6.61 Å². The van der Waals surface area contributed by atoms with Gasteiger partial charge in [-0.1, -0.05) is 47.5 Å². The van der Waals surface area contributed by atoms with Crippen LogP contribution in [0.3, 0.4) is 0 Å². The summed E-state index contributed by atoms with van der Waals surface area (Å²) in [5.74, 6) is 0.806. The average molecular weight is 536 g/mol. The predicted molar refractivity (Wildman–Crippen MR) is 132 cm³/mol. The molecule has 8 heteroatoms. The Hall–Kier alpha value is -2.54.